The summed E-state index contributed by atoms with van der Waals surface area (Å²) in [6.07, 6.45) is 3.79. The van der Waals surface area contributed by atoms with Gasteiger partial charge in [0.2, 0.25) is 0 Å². The van der Waals surface area contributed by atoms with E-state index in [-0.39, 0.29) is 11.4 Å². The van der Waals surface area contributed by atoms with E-state index in [2.05, 4.69) is 15.1 Å². The van der Waals surface area contributed by atoms with Crippen molar-refractivity contribution in [3.05, 3.63) is 70.3 Å². The number of nitrogens with zero attached hydrogens (tertiary/aromatic N) is 3. The van der Waals surface area contributed by atoms with Crippen molar-refractivity contribution in [1.82, 2.24) is 19.7 Å². The number of rotatable bonds is 3. The van der Waals surface area contributed by atoms with E-state index in [4.69, 9.17) is 0 Å². The first-order valence-electron chi connectivity index (χ1n) is 6.44. The van der Waals surface area contributed by atoms with Crippen molar-refractivity contribution < 1.29 is 4.39 Å². The smallest absolute Gasteiger partial charge is 0.251 e. The van der Waals surface area contributed by atoms with Crippen LogP contribution in [0.15, 0.2) is 47.5 Å². The maximum atomic E-state index is 13.2. The molecule has 1 aromatic carbocycles. The van der Waals surface area contributed by atoms with Crippen LogP contribution in [0.5, 0.6) is 0 Å². The molecule has 0 saturated heterocycles. The highest BCUT2D eigenvalue weighted by molar-refractivity contribution is 5.56. The number of H-pyrrole nitrogens is 1. The van der Waals surface area contributed by atoms with Gasteiger partial charge in [-0.2, -0.15) is 5.10 Å². The van der Waals surface area contributed by atoms with E-state index in [0.717, 1.165) is 11.1 Å². The van der Waals surface area contributed by atoms with Gasteiger partial charge < -0.3 is 4.98 Å². The minimum absolute atomic E-state index is 0.241. The monoisotopic (exact) mass is 284 g/mol. The predicted molar refractivity (Wildman–Crippen MR) is 76.3 cm³/mol. The lowest BCUT2D eigenvalue weighted by Gasteiger charge is -2.03. The highest BCUT2D eigenvalue weighted by Crippen LogP contribution is 2.15. The summed E-state index contributed by atoms with van der Waals surface area (Å²) >= 11 is 0. The van der Waals surface area contributed by atoms with Gasteiger partial charge in [-0.3, -0.25) is 9.48 Å². The number of benzene rings is 1. The van der Waals surface area contributed by atoms with E-state index in [1.807, 2.05) is 0 Å². The third-order valence-corrected chi connectivity index (χ3v) is 3.05. The molecule has 0 aliphatic carbocycles. The maximum absolute atomic E-state index is 13.2. The van der Waals surface area contributed by atoms with E-state index >= 15 is 0 Å². The first kappa shape index (κ1) is 13.2. The molecule has 0 fully saturated rings. The second kappa shape index (κ2) is 5.32. The normalized spacial score (nSPS) is 10.8. The molecule has 21 heavy (non-hydrogen) atoms. The Morgan fingerprint density at radius 3 is 2.90 bits per heavy atom. The van der Waals surface area contributed by atoms with Crippen LogP contribution in [0.1, 0.15) is 11.4 Å². The average Bonchev–Trinajstić information content (AvgIpc) is 2.85. The van der Waals surface area contributed by atoms with Crippen LogP contribution in [0.25, 0.3) is 11.3 Å². The molecule has 0 atom stereocenters. The molecular formula is C15H13FN4O. The third-order valence-electron chi connectivity index (χ3n) is 3.05. The fourth-order valence-corrected chi connectivity index (χ4v) is 2.13. The van der Waals surface area contributed by atoms with Crippen LogP contribution in [0.2, 0.25) is 0 Å². The van der Waals surface area contributed by atoms with Crippen molar-refractivity contribution in [2.24, 2.45) is 7.05 Å². The highest BCUT2D eigenvalue weighted by atomic mass is 19.1. The molecule has 0 bridgehead atoms. The van der Waals surface area contributed by atoms with Gasteiger partial charge in [0.1, 0.15) is 11.6 Å². The van der Waals surface area contributed by atoms with Crippen molar-refractivity contribution in [2.75, 3.05) is 0 Å². The first-order chi connectivity index (χ1) is 10.1. The van der Waals surface area contributed by atoms with Crippen LogP contribution in [0, 0.1) is 5.82 Å². The molecule has 106 valence electrons. The third kappa shape index (κ3) is 3.05. The van der Waals surface area contributed by atoms with E-state index in [1.165, 1.54) is 18.2 Å². The number of nitrogens with one attached hydrogen (secondary N) is 1. The first-order valence-corrected chi connectivity index (χ1v) is 6.44. The molecule has 2 heterocycles. The SMILES string of the molecule is Cn1cc(-c2cc(=O)[nH]c(Cc3cccc(F)c3)n2)cn1. The Bertz CT molecular complexity index is 837. The van der Waals surface area contributed by atoms with E-state index < -0.39 is 0 Å². The van der Waals surface area contributed by atoms with E-state index in [1.54, 1.807) is 36.3 Å². The van der Waals surface area contributed by atoms with Crippen molar-refractivity contribution in [2.45, 2.75) is 6.42 Å². The van der Waals surface area contributed by atoms with Gasteiger partial charge in [-0.15, -0.1) is 0 Å². The fraction of sp³-hybridized carbons (Fsp3) is 0.133. The van der Waals surface area contributed by atoms with Gasteiger partial charge in [0.25, 0.3) is 5.56 Å². The number of halogens is 1. The van der Waals surface area contributed by atoms with Crippen LogP contribution in [-0.2, 0) is 13.5 Å². The lowest BCUT2D eigenvalue weighted by molar-refractivity contribution is 0.625. The Morgan fingerprint density at radius 2 is 2.19 bits per heavy atom. The molecule has 5 nitrogen and oxygen atoms in total. The summed E-state index contributed by atoms with van der Waals surface area (Å²) in [5.74, 6) is 0.185. The largest absolute Gasteiger partial charge is 0.310 e. The quantitative estimate of drug-likeness (QED) is 0.799. The molecule has 6 heteroatoms. The van der Waals surface area contributed by atoms with Crippen LogP contribution < -0.4 is 5.56 Å². The summed E-state index contributed by atoms with van der Waals surface area (Å²) in [5, 5.41) is 4.06. The summed E-state index contributed by atoms with van der Waals surface area (Å²) in [6.45, 7) is 0. The topological polar surface area (TPSA) is 63.6 Å². The van der Waals surface area contributed by atoms with E-state index in [9.17, 15) is 9.18 Å². The number of hydrogen-bond acceptors (Lipinski definition) is 3. The van der Waals surface area contributed by atoms with Crippen molar-refractivity contribution >= 4 is 0 Å². The Hall–Kier alpha value is -2.76. The molecule has 0 radical (unpaired) electrons. The molecule has 2 aromatic heterocycles. The predicted octanol–water partition coefficient (Wildman–Crippen LogP) is 1.90. The van der Waals surface area contributed by atoms with Crippen LogP contribution >= 0.6 is 0 Å². The molecule has 0 saturated carbocycles. The lowest BCUT2D eigenvalue weighted by Crippen LogP contribution is -2.11. The van der Waals surface area contributed by atoms with Crippen LogP contribution in [-0.4, -0.2) is 19.7 Å². The van der Waals surface area contributed by atoms with Gasteiger partial charge in [-0.25, -0.2) is 9.37 Å². The van der Waals surface area contributed by atoms with Crippen molar-refractivity contribution in [3.63, 3.8) is 0 Å². The Balaban J connectivity index is 1.96. The van der Waals surface area contributed by atoms with Crippen LogP contribution in [0.4, 0.5) is 4.39 Å². The van der Waals surface area contributed by atoms with Gasteiger partial charge in [-0.05, 0) is 17.7 Å². The average molecular weight is 284 g/mol. The zero-order chi connectivity index (χ0) is 14.8. The summed E-state index contributed by atoms with van der Waals surface area (Å²) in [6, 6.07) is 7.65. The second-order valence-corrected chi connectivity index (χ2v) is 4.79. The maximum Gasteiger partial charge on any atom is 0.251 e. The zero-order valence-corrected chi connectivity index (χ0v) is 11.4. The zero-order valence-electron chi connectivity index (χ0n) is 11.4. The number of hydrogen-bond donors (Lipinski definition) is 1. The van der Waals surface area contributed by atoms with Gasteiger partial charge >= 0.3 is 0 Å². The number of aromatic amines is 1. The second-order valence-electron chi connectivity index (χ2n) is 4.79. The standard InChI is InChI=1S/C15H13FN4O/c1-20-9-11(8-17-20)13-7-15(21)19-14(18-13)6-10-3-2-4-12(16)5-10/h2-5,7-9H,6H2,1H3,(H,18,19,21). The lowest BCUT2D eigenvalue weighted by atomic mass is 10.1. The van der Waals surface area contributed by atoms with Gasteiger partial charge in [0, 0.05) is 31.3 Å². The van der Waals surface area contributed by atoms with Gasteiger partial charge in [0.15, 0.2) is 0 Å². The Labute approximate surface area is 120 Å². The number of aryl methyl sites for hydroxylation is 1. The molecule has 1 N–H and O–H groups in total. The molecule has 0 aliphatic heterocycles. The summed E-state index contributed by atoms with van der Waals surface area (Å²) < 4.78 is 14.8. The van der Waals surface area contributed by atoms with Gasteiger partial charge in [-0.1, -0.05) is 12.1 Å². The molecular weight excluding hydrogens is 271 g/mol. The molecule has 0 amide bonds. The molecule has 0 spiro atoms. The minimum Gasteiger partial charge on any atom is -0.310 e. The molecule has 3 rings (SSSR count). The number of aromatic nitrogens is 4. The summed E-state index contributed by atoms with van der Waals surface area (Å²) in [4.78, 5) is 18.8. The Morgan fingerprint density at radius 1 is 1.33 bits per heavy atom. The van der Waals surface area contributed by atoms with Crippen LogP contribution in [0.3, 0.4) is 0 Å². The molecule has 0 aliphatic rings. The van der Waals surface area contributed by atoms with Crippen molar-refractivity contribution in [1.29, 1.82) is 0 Å². The fourth-order valence-electron chi connectivity index (χ4n) is 2.13. The summed E-state index contributed by atoms with van der Waals surface area (Å²) in [5.41, 5.74) is 1.83. The van der Waals surface area contributed by atoms with Crippen molar-refractivity contribution in [3.8, 4) is 11.3 Å². The summed E-state index contributed by atoms with van der Waals surface area (Å²) in [7, 11) is 1.80. The van der Waals surface area contributed by atoms with E-state index in [0.29, 0.717) is 17.9 Å². The van der Waals surface area contributed by atoms with Gasteiger partial charge in [0.05, 0.1) is 11.9 Å². The Kier molecular flexibility index (Phi) is 3.35. The molecule has 3 aromatic rings. The minimum atomic E-state index is -0.307. The molecule has 0 unspecified atom stereocenters. The highest BCUT2D eigenvalue weighted by Gasteiger charge is 2.07.